The van der Waals surface area contributed by atoms with Gasteiger partial charge in [-0.15, -0.1) is 0 Å². The lowest BCUT2D eigenvalue weighted by atomic mass is 10.1. The molecule has 2 heterocycles. The van der Waals surface area contributed by atoms with Gasteiger partial charge in [0.1, 0.15) is 5.75 Å². The number of benzene rings is 2. The molecule has 0 aliphatic carbocycles. The van der Waals surface area contributed by atoms with Crippen molar-refractivity contribution >= 4 is 29.3 Å². The monoisotopic (exact) mass is 447 g/mol. The minimum Gasteiger partial charge on any atom is -0.457 e. The molecule has 8 heteroatoms. The van der Waals surface area contributed by atoms with Crippen molar-refractivity contribution in [3.63, 3.8) is 0 Å². The molecule has 1 aromatic heterocycles. The summed E-state index contributed by atoms with van der Waals surface area (Å²) in [6.45, 7) is 1.72. The summed E-state index contributed by atoms with van der Waals surface area (Å²) < 4.78 is 15.3. The molecule has 8 nitrogen and oxygen atoms in total. The molecule has 0 spiro atoms. The normalized spacial score (nSPS) is 15.4. The third-order valence-corrected chi connectivity index (χ3v) is 5.26. The van der Waals surface area contributed by atoms with Crippen LogP contribution in [0.4, 0.5) is 5.69 Å². The summed E-state index contributed by atoms with van der Waals surface area (Å²) in [5.41, 5.74) is 2.10. The first-order valence-corrected chi connectivity index (χ1v) is 10.3. The van der Waals surface area contributed by atoms with E-state index in [4.69, 9.17) is 13.9 Å². The molecule has 3 aromatic rings. The standard InChI is InChI=1S/C25H21NO7/c1-16-4-8-19(9-5-16)26-14-18(13-23(26)28)24(29)32-15-21(27)17-6-10-20(11-7-17)33-25(30)22-3-2-12-31-22/h2-12,18H,13-15H2,1H3. The Labute approximate surface area is 189 Å². The van der Waals surface area contributed by atoms with E-state index in [1.807, 2.05) is 31.2 Å². The number of aryl methyl sites for hydroxylation is 1. The summed E-state index contributed by atoms with van der Waals surface area (Å²) in [6, 6.07) is 16.4. The van der Waals surface area contributed by atoms with E-state index in [1.165, 1.54) is 36.6 Å². The Bertz CT molecular complexity index is 1160. The minimum atomic E-state index is -0.654. The number of hydrogen-bond donors (Lipinski definition) is 0. The molecule has 0 saturated carbocycles. The van der Waals surface area contributed by atoms with E-state index in [9.17, 15) is 19.2 Å². The molecule has 1 aliphatic rings. The van der Waals surface area contributed by atoms with Crippen LogP contribution in [0.15, 0.2) is 71.3 Å². The maximum Gasteiger partial charge on any atom is 0.379 e. The molecule has 1 amide bonds. The molecule has 0 bridgehead atoms. The van der Waals surface area contributed by atoms with Crippen molar-refractivity contribution in [2.45, 2.75) is 13.3 Å². The zero-order valence-electron chi connectivity index (χ0n) is 17.9. The molecule has 2 aromatic carbocycles. The maximum atomic E-state index is 12.4. The Balaban J connectivity index is 1.28. The Morgan fingerprint density at radius 2 is 1.76 bits per heavy atom. The zero-order valence-corrected chi connectivity index (χ0v) is 17.9. The third kappa shape index (κ3) is 5.17. The van der Waals surface area contributed by atoms with Gasteiger partial charge in [-0.1, -0.05) is 17.7 Å². The summed E-state index contributed by atoms with van der Waals surface area (Å²) >= 11 is 0. The fraction of sp³-hybridized carbons (Fsp3) is 0.200. The first-order valence-electron chi connectivity index (χ1n) is 10.3. The topological polar surface area (TPSA) is 103 Å². The van der Waals surface area contributed by atoms with Crippen LogP contribution in [0.3, 0.4) is 0 Å². The summed E-state index contributed by atoms with van der Waals surface area (Å²) in [6.07, 6.45) is 1.40. The van der Waals surface area contributed by atoms with Gasteiger partial charge >= 0.3 is 11.9 Å². The number of esters is 2. The summed E-state index contributed by atoms with van der Waals surface area (Å²) in [5.74, 6) is -2.14. The number of ether oxygens (including phenoxy) is 2. The van der Waals surface area contributed by atoms with E-state index in [2.05, 4.69) is 0 Å². The molecular weight excluding hydrogens is 426 g/mol. The molecule has 0 radical (unpaired) electrons. The second kappa shape index (κ2) is 9.52. The van der Waals surface area contributed by atoms with Crippen LogP contribution in [-0.2, 0) is 14.3 Å². The average molecular weight is 447 g/mol. The lowest BCUT2D eigenvalue weighted by Crippen LogP contribution is -2.27. The van der Waals surface area contributed by atoms with E-state index in [1.54, 1.807) is 11.0 Å². The van der Waals surface area contributed by atoms with Crippen molar-refractivity contribution in [3.8, 4) is 5.75 Å². The molecule has 33 heavy (non-hydrogen) atoms. The number of rotatable bonds is 7. The number of furan rings is 1. The van der Waals surface area contributed by atoms with Gasteiger partial charge in [0.25, 0.3) is 0 Å². The van der Waals surface area contributed by atoms with Gasteiger partial charge in [-0.3, -0.25) is 14.4 Å². The van der Waals surface area contributed by atoms with Gasteiger partial charge in [-0.2, -0.15) is 0 Å². The third-order valence-electron chi connectivity index (χ3n) is 5.26. The molecule has 1 aliphatic heterocycles. The molecular formula is C25H21NO7. The Kier molecular flexibility index (Phi) is 6.35. The van der Waals surface area contributed by atoms with E-state index in [0.717, 1.165) is 11.3 Å². The van der Waals surface area contributed by atoms with Crippen molar-refractivity contribution in [2.75, 3.05) is 18.1 Å². The second-order valence-electron chi connectivity index (χ2n) is 7.66. The highest BCUT2D eigenvalue weighted by Crippen LogP contribution is 2.26. The van der Waals surface area contributed by atoms with E-state index in [0.29, 0.717) is 5.56 Å². The van der Waals surface area contributed by atoms with Crippen molar-refractivity contribution in [3.05, 3.63) is 83.8 Å². The number of amides is 1. The SMILES string of the molecule is Cc1ccc(N2CC(C(=O)OCC(=O)c3ccc(OC(=O)c4ccco4)cc3)CC2=O)cc1. The number of hydrogen-bond acceptors (Lipinski definition) is 7. The van der Waals surface area contributed by atoms with Gasteiger partial charge < -0.3 is 18.8 Å². The molecule has 1 atom stereocenters. The second-order valence-corrected chi connectivity index (χ2v) is 7.66. The fourth-order valence-corrected chi connectivity index (χ4v) is 3.44. The smallest absolute Gasteiger partial charge is 0.379 e. The van der Waals surface area contributed by atoms with Gasteiger partial charge in [0.05, 0.1) is 12.2 Å². The van der Waals surface area contributed by atoms with Crippen molar-refractivity contribution in [2.24, 2.45) is 5.92 Å². The van der Waals surface area contributed by atoms with Crippen LogP contribution in [0, 0.1) is 12.8 Å². The molecule has 0 N–H and O–H groups in total. The van der Waals surface area contributed by atoms with Crippen LogP contribution in [0.5, 0.6) is 5.75 Å². The maximum absolute atomic E-state index is 12.4. The van der Waals surface area contributed by atoms with Gasteiger partial charge in [0, 0.05) is 24.2 Å². The predicted octanol–water partition coefficient (Wildman–Crippen LogP) is 3.59. The number of carbonyl (C=O) groups excluding carboxylic acids is 4. The van der Waals surface area contributed by atoms with Crippen molar-refractivity contribution < 1.29 is 33.1 Å². The predicted molar refractivity (Wildman–Crippen MR) is 117 cm³/mol. The summed E-state index contributed by atoms with van der Waals surface area (Å²) in [5, 5.41) is 0. The van der Waals surface area contributed by atoms with E-state index in [-0.39, 0.29) is 30.4 Å². The van der Waals surface area contributed by atoms with Crippen LogP contribution in [-0.4, -0.2) is 36.8 Å². The Hall–Kier alpha value is -4.20. The van der Waals surface area contributed by atoms with Crippen molar-refractivity contribution in [1.29, 1.82) is 0 Å². The lowest BCUT2D eigenvalue weighted by Gasteiger charge is -2.16. The van der Waals surface area contributed by atoms with E-state index >= 15 is 0 Å². The zero-order chi connectivity index (χ0) is 23.4. The van der Waals surface area contributed by atoms with Gasteiger partial charge in [0.15, 0.2) is 12.4 Å². The fourth-order valence-electron chi connectivity index (χ4n) is 3.44. The van der Waals surface area contributed by atoms with Crippen LogP contribution in [0.25, 0.3) is 0 Å². The molecule has 1 unspecified atom stereocenters. The largest absolute Gasteiger partial charge is 0.457 e. The first kappa shape index (κ1) is 22.0. The van der Waals surface area contributed by atoms with Gasteiger partial charge in [-0.05, 0) is 55.5 Å². The number of Topliss-reactive ketones (excluding diaryl/α,β-unsaturated/α-hetero) is 1. The van der Waals surface area contributed by atoms with Crippen molar-refractivity contribution in [1.82, 2.24) is 0 Å². The van der Waals surface area contributed by atoms with Crippen LogP contribution in [0.1, 0.15) is 32.9 Å². The number of nitrogens with zero attached hydrogens (tertiary/aromatic N) is 1. The van der Waals surface area contributed by atoms with Crippen LogP contribution < -0.4 is 9.64 Å². The van der Waals surface area contributed by atoms with Crippen LogP contribution >= 0.6 is 0 Å². The quantitative estimate of drug-likeness (QED) is 0.310. The molecule has 1 fully saturated rings. The van der Waals surface area contributed by atoms with Gasteiger partial charge in [-0.25, -0.2) is 4.79 Å². The summed E-state index contributed by atoms with van der Waals surface area (Å²) in [4.78, 5) is 50.6. The number of ketones is 1. The number of anilines is 1. The minimum absolute atomic E-state index is 0.0383. The first-order chi connectivity index (χ1) is 15.9. The molecule has 4 rings (SSSR count). The Morgan fingerprint density at radius 1 is 1.03 bits per heavy atom. The van der Waals surface area contributed by atoms with E-state index < -0.39 is 30.2 Å². The summed E-state index contributed by atoms with van der Waals surface area (Å²) in [7, 11) is 0. The lowest BCUT2D eigenvalue weighted by molar-refractivity contribution is -0.147. The Morgan fingerprint density at radius 3 is 2.42 bits per heavy atom. The van der Waals surface area contributed by atoms with Gasteiger partial charge in [0.2, 0.25) is 11.7 Å². The average Bonchev–Trinajstić information content (AvgIpc) is 3.49. The molecule has 1 saturated heterocycles. The highest BCUT2D eigenvalue weighted by Gasteiger charge is 2.36. The highest BCUT2D eigenvalue weighted by molar-refractivity contribution is 6.01. The van der Waals surface area contributed by atoms with Crippen LogP contribution in [0.2, 0.25) is 0 Å². The molecule has 168 valence electrons. The highest BCUT2D eigenvalue weighted by atomic mass is 16.5. The number of carbonyl (C=O) groups is 4.